The highest BCUT2D eigenvalue weighted by atomic mass is 32.2. The first-order chi connectivity index (χ1) is 12.6. The fourth-order valence-electron chi connectivity index (χ4n) is 2.79. The van der Waals surface area contributed by atoms with E-state index in [9.17, 15) is 14.4 Å². The molecule has 0 unspecified atom stereocenters. The number of hydrogen-bond donors (Lipinski definition) is 0. The van der Waals surface area contributed by atoms with Crippen LogP contribution in [0.15, 0.2) is 53.4 Å². The second kappa shape index (κ2) is 8.19. The molecular weight excluding hydrogens is 350 g/mol. The molecule has 6 heteroatoms. The van der Waals surface area contributed by atoms with Gasteiger partial charge in [-0.1, -0.05) is 12.1 Å². The predicted molar refractivity (Wildman–Crippen MR) is 101 cm³/mol. The van der Waals surface area contributed by atoms with Crippen molar-refractivity contribution >= 4 is 35.1 Å². The molecule has 0 aliphatic carbocycles. The minimum atomic E-state index is -0.531. The molecule has 0 bridgehead atoms. The van der Waals surface area contributed by atoms with E-state index in [2.05, 4.69) is 0 Å². The van der Waals surface area contributed by atoms with Crippen LogP contribution in [-0.2, 0) is 9.53 Å². The Labute approximate surface area is 156 Å². The molecule has 2 aromatic carbocycles. The zero-order valence-corrected chi connectivity index (χ0v) is 15.3. The highest BCUT2D eigenvalue weighted by molar-refractivity contribution is 7.98. The molecule has 3 rings (SSSR count). The van der Waals surface area contributed by atoms with Gasteiger partial charge in [0.15, 0.2) is 12.4 Å². The fourth-order valence-corrected chi connectivity index (χ4v) is 3.20. The lowest BCUT2D eigenvalue weighted by Crippen LogP contribution is -2.24. The first kappa shape index (κ1) is 18.2. The van der Waals surface area contributed by atoms with E-state index in [1.54, 1.807) is 53.1 Å². The summed E-state index contributed by atoms with van der Waals surface area (Å²) in [7, 11) is 0. The van der Waals surface area contributed by atoms with Crippen molar-refractivity contribution in [1.29, 1.82) is 0 Å². The quantitative estimate of drug-likeness (QED) is 0.442. The molecule has 5 nitrogen and oxygen atoms in total. The molecule has 0 aromatic heterocycles. The van der Waals surface area contributed by atoms with Gasteiger partial charge in [0.05, 0.1) is 5.56 Å². The van der Waals surface area contributed by atoms with Crippen molar-refractivity contribution < 1.29 is 19.1 Å². The van der Waals surface area contributed by atoms with Gasteiger partial charge in [-0.25, -0.2) is 4.79 Å². The molecule has 0 radical (unpaired) electrons. The maximum atomic E-state index is 12.3. The van der Waals surface area contributed by atoms with Crippen molar-refractivity contribution in [3.63, 3.8) is 0 Å². The summed E-state index contributed by atoms with van der Waals surface area (Å²) in [4.78, 5) is 39.0. The van der Waals surface area contributed by atoms with Gasteiger partial charge in [-0.05, 0) is 49.1 Å². The van der Waals surface area contributed by atoms with E-state index in [0.29, 0.717) is 29.8 Å². The minimum Gasteiger partial charge on any atom is -0.454 e. The summed E-state index contributed by atoms with van der Waals surface area (Å²) in [5.74, 6) is -0.765. The van der Waals surface area contributed by atoms with Crippen LogP contribution in [-0.4, -0.2) is 37.1 Å². The predicted octanol–water partition coefficient (Wildman–Crippen LogP) is 3.58. The molecule has 1 fully saturated rings. The first-order valence-corrected chi connectivity index (χ1v) is 9.56. The fraction of sp³-hybridized carbons (Fsp3) is 0.250. The number of rotatable bonds is 6. The summed E-state index contributed by atoms with van der Waals surface area (Å²) in [6.45, 7) is 0.331. The van der Waals surface area contributed by atoms with Crippen LogP contribution in [0.5, 0.6) is 0 Å². The molecule has 1 amide bonds. The average molecular weight is 369 g/mol. The molecule has 1 saturated heterocycles. The number of benzene rings is 2. The summed E-state index contributed by atoms with van der Waals surface area (Å²) in [6, 6.07) is 13.9. The highest BCUT2D eigenvalue weighted by Gasteiger charge is 2.22. The van der Waals surface area contributed by atoms with Crippen LogP contribution >= 0.6 is 11.8 Å². The summed E-state index contributed by atoms with van der Waals surface area (Å²) in [6.07, 6.45) is 3.31. The molecule has 0 N–H and O–H groups in total. The zero-order valence-electron chi connectivity index (χ0n) is 14.4. The molecule has 26 heavy (non-hydrogen) atoms. The van der Waals surface area contributed by atoms with E-state index in [1.807, 2.05) is 18.4 Å². The number of thioether (sulfide) groups is 1. The van der Waals surface area contributed by atoms with Crippen molar-refractivity contribution in [1.82, 2.24) is 0 Å². The molecule has 1 aliphatic heterocycles. The Hall–Kier alpha value is -2.60. The Morgan fingerprint density at radius 3 is 2.54 bits per heavy atom. The number of anilines is 1. The molecule has 1 heterocycles. The van der Waals surface area contributed by atoms with Crippen LogP contribution in [0.2, 0.25) is 0 Å². The third-order valence-corrected chi connectivity index (χ3v) is 4.96. The van der Waals surface area contributed by atoms with Crippen molar-refractivity contribution in [3.05, 3.63) is 59.7 Å². The van der Waals surface area contributed by atoms with Gasteiger partial charge in [0.2, 0.25) is 5.91 Å². The topological polar surface area (TPSA) is 63.7 Å². The summed E-state index contributed by atoms with van der Waals surface area (Å²) >= 11 is 1.58. The van der Waals surface area contributed by atoms with Crippen LogP contribution in [0.1, 0.15) is 33.6 Å². The van der Waals surface area contributed by atoms with E-state index >= 15 is 0 Å². The second-order valence-corrected chi connectivity index (χ2v) is 6.81. The smallest absolute Gasteiger partial charge is 0.338 e. The van der Waals surface area contributed by atoms with Gasteiger partial charge >= 0.3 is 5.97 Å². The minimum absolute atomic E-state index is 0.0646. The third kappa shape index (κ3) is 4.14. The van der Waals surface area contributed by atoms with Gasteiger partial charge in [0.1, 0.15) is 0 Å². The summed E-state index contributed by atoms with van der Waals surface area (Å²) in [5, 5.41) is 0. The van der Waals surface area contributed by atoms with Crippen molar-refractivity contribution in [2.75, 3.05) is 24.3 Å². The van der Waals surface area contributed by atoms with Gasteiger partial charge in [-0.15, -0.1) is 11.8 Å². The number of carbonyl (C=O) groups excluding carboxylic acids is 3. The Bertz CT molecular complexity index is 832. The van der Waals surface area contributed by atoms with E-state index < -0.39 is 5.97 Å². The molecular formula is C20H19NO4S. The monoisotopic (exact) mass is 369 g/mol. The van der Waals surface area contributed by atoms with Gasteiger partial charge in [0, 0.05) is 29.1 Å². The lowest BCUT2D eigenvalue weighted by atomic mass is 10.1. The first-order valence-electron chi connectivity index (χ1n) is 8.33. The molecule has 0 atom stereocenters. The maximum Gasteiger partial charge on any atom is 0.338 e. The number of hydrogen-bond acceptors (Lipinski definition) is 5. The standard InChI is InChI=1S/C20H19NO4S/c1-26-17-9-7-14(8-10-17)20(24)25-13-18(22)15-4-2-5-16(12-15)21-11-3-6-19(21)23/h2,4-5,7-10,12H,3,6,11,13H2,1H3. The SMILES string of the molecule is CSc1ccc(C(=O)OCC(=O)c2cccc(N3CCCC3=O)c2)cc1. The number of ketones is 1. The average Bonchev–Trinajstić information content (AvgIpc) is 3.12. The van der Waals surface area contributed by atoms with Crippen LogP contribution in [0.25, 0.3) is 0 Å². The number of esters is 1. The molecule has 2 aromatic rings. The number of ether oxygens (including phenoxy) is 1. The van der Waals surface area contributed by atoms with E-state index in [-0.39, 0.29) is 18.3 Å². The van der Waals surface area contributed by atoms with E-state index in [0.717, 1.165) is 11.3 Å². The Morgan fingerprint density at radius 2 is 1.88 bits per heavy atom. The van der Waals surface area contributed by atoms with Crippen LogP contribution < -0.4 is 4.90 Å². The lowest BCUT2D eigenvalue weighted by Gasteiger charge is -2.16. The van der Waals surface area contributed by atoms with Crippen molar-refractivity contribution in [2.24, 2.45) is 0 Å². The maximum absolute atomic E-state index is 12.3. The van der Waals surface area contributed by atoms with Crippen molar-refractivity contribution in [2.45, 2.75) is 17.7 Å². The van der Waals surface area contributed by atoms with Crippen LogP contribution in [0, 0.1) is 0 Å². The van der Waals surface area contributed by atoms with Gasteiger partial charge in [-0.2, -0.15) is 0 Å². The van der Waals surface area contributed by atoms with Gasteiger partial charge in [-0.3, -0.25) is 9.59 Å². The number of nitrogens with zero attached hydrogens (tertiary/aromatic N) is 1. The Kier molecular flexibility index (Phi) is 5.73. The molecule has 0 spiro atoms. The summed E-state index contributed by atoms with van der Waals surface area (Å²) in [5.41, 5.74) is 1.54. The van der Waals surface area contributed by atoms with E-state index in [4.69, 9.17) is 4.74 Å². The number of amides is 1. The van der Waals surface area contributed by atoms with Crippen LogP contribution in [0.4, 0.5) is 5.69 Å². The van der Waals surface area contributed by atoms with E-state index in [1.165, 1.54) is 0 Å². The van der Waals surface area contributed by atoms with Crippen LogP contribution in [0.3, 0.4) is 0 Å². The number of Topliss-reactive ketones (excluding diaryl/α,β-unsaturated/α-hetero) is 1. The highest BCUT2D eigenvalue weighted by Crippen LogP contribution is 2.22. The zero-order chi connectivity index (χ0) is 18.5. The molecule has 1 aliphatic rings. The van der Waals surface area contributed by atoms with Gasteiger partial charge < -0.3 is 9.64 Å². The summed E-state index contributed by atoms with van der Waals surface area (Å²) < 4.78 is 5.13. The molecule has 0 saturated carbocycles. The largest absolute Gasteiger partial charge is 0.454 e. The Morgan fingerprint density at radius 1 is 1.12 bits per heavy atom. The third-order valence-electron chi connectivity index (χ3n) is 4.21. The molecule has 134 valence electrons. The normalized spacial score (nSPS) is 13.7. The number of carbonyl (C=O) groups is 3. The van der Waals surface area contributed by atoms with Crippen molar-refractivity contribution in [3.8, 4) is 0 Å². The lowest BCUT2D eigenvalue weighted by molar-refractivity contribution is -0.117. The van der Waals surface area contributed by atoms with Gasteiger partial charge in [0.25, 0.3) is 0 Å². The Balaban J connectivity index is 1.62. The second-order valence-electron chi connectivity index (χ2n) is 5.93.